The van der Waals surface area contributed by atoms with E-state index in [1.54, 1.807) is 24.3 Å². The van der Waals surface area contributed by atoms with E-state index in [1.807, 2.05) is 0 Å². The van der Waals surface area contributed by atoms with Gasteiger partial charge in [0.15, 0.2) is 5.78 Å². The highest BCUT2D eigenvalue weighted by Gasteiger charge is 2.16. The third-order valence-electron chi connectivity index (χ3n) is 3.71. The van der Waals surface area contributed by atoms with Crippen molar-refractivity contribution >= 4 is 33.4 Å². The molecule has 0 heterocycles. The molecule has 2 aromatic rings. The highest BCUT2D eigenvalue weighted by molar-refractivity contribution is 7.90. The number of anilines is 1. The number of hydrogen-bond donors (Lipinski definition) is 3. The summed E-state index contributed by atoms with van der Waals surface area (Å²) < 4.78 is 36.9. The van der Waals surface area contributed by atoms with Gasteiger partial charge in [0.05, 0.1) is 19.1 Å². The van der Waals surface area contributed by atoms with Gasteiger partial charge in [-0.1, -0.05) is 0 Å². The quantitative estimate of drug-likeness (QED) is 0.181. The standard InChI is InChI=1S/C19H20N4O6S/c1-28-14-7-3-12(4-8-14)17(24)11-16(18(25)29-2)22-13-5-9-15(10-6-13)30(26,27)23-19(20)21/h3-11,22H,1-2H3,(H4,20,21,23)/b16-11-. The number of guanidine groups is 1. The minimum Gasteiger partial charge on any atom is -0.497 e. The van der Waals surface area contributed by atoms with Gasteiger partial charge in [0, 0.05) is 17.3 Å². The Balaban J connectivity index is 2.28. The van der Waals surface area contributed by atoms with Gasteiger partial charge in [-0.2, -0.15) is 8.42 Å². The molecule has 0 radical (unpaired) electrons. The fourth-order valence-corrected chi connectivity index (χ4v) is 3.15. The van der Waals surface area contributed by atoms with Crippen LogP contribution in [0.4, 0.5) is 5.69 Å². The molecule has 0 unspecified atom stereocenters. The van der Waals surface area contributed by atoms with E-state index in [0.717, 1.165) is 6.08 Å². The van der Waals surface area contributed by atoms with Crippen molar-refractivity contribution in [3.8, 4) is 5.75 Å². The third-order valence-corrected chi connectivity index (χ3v) is 5.03. The average molecular weight is 432 g/mol. The Labute approximate surface area is 173 Å². The highest BCUT2D eigenvalue weighted by Crippen LogP contribution is 2.18. The Morgan fingerprint density at radius 3 is 2.10 bits per heavy atom. The molecule has 0 fully saturated rings. The predicted octanol–water partition coefficient (Wildman–Crippen LogP) is 1.01. The Hall–Kier alpha value is -3.86. The second-order valence-corrected chi connectivity index (χ2v) is 7.39. The van der Waals surface area contributed by atoms with Gasteiger partial charge in [0.1, 0.15) is 11.4 Å². The molecule has 11 heteroatoms. The number of esters is 1. The van der Waals surface area contributed by atoms with Crippen molar-refractivity contribution in [3.05, 3.63) is 65.9 Å². The van der Waals surface area contributed by atoms with E-state index in [4.69, 9.17) is 20.9 Å². The fraction of sp³-hybridized carbons (Fsp3) is 0.105. The van der Waals surface area contributed by atoms with Crippen molar-refractivity contribution in [3.63, 3.8) is 0 Å². The van der Waals surface area contributed by atoms with Crippen LogP contribution in [0.15, 0.2) is 69.6 Å². The van der Waals surface area contributed by atoms with Crippen LogP contribution in [0, 0.1) is 0 Å². The van der Waals surface area contributed by atoms with Crippen LogP contribution in [0.25, 0.3) is 0 Å². The number of nitrogens with zero attached hydrogens (tertiary/aromatic N) is 1. The van der Waals surface area contributed by atoms with Crippen LogP contribution >= 0.6 is 0 Å². The van der Waals surface area contributed by atoms with Crippen LogP contribution in [0.1, 0.15) is 10.4 Å². The van der Waals surface area contributed by atoms with Crippen LogP contribution in [-0.2, 0) is 19.6 Å². The maximum absolute atomic E-state index is 12.5. The minimum absolute atomic E-state index is 0.141. The van der Waals surface area contributed by atoms with Crippen LogP contribution in [0.5, 0.6) is 5.75 Å². The van der Waals surface area contributed by atoms with Gasteiger partial charge < -0.3 is 26.3 Å². The molecular weight excluding hydrogens is 412 g/mol. The number of carbonyl (C=O) groups is 2. The molecule has 0 saturated carbocycles. The summed E-state index contributed by atoms with van der Waals surface area (Å²) in [6.07, 6.45) is 1.08. The van der Waals surface area contributed by atoms with Crippen LogP contribution < -0.4 is 21.5 Å². The molecule has 0 bridgehead atoms. The second kappa shape index (κ2) is 9.56. The molecular formula is C19H20N4O6S. The Morgan fingerprint density at radius 2 is 1.60 bits per heavy atom. The summed E-state index contributed by atoms with van der Waals surface area (Å²) in [5.74, 6) is -1.24. The highest BCUT2D eigenvalue weighted by atomic mass is 32.2. The van der Waals surface area contributed by atoms with Gasteiger partial charge in [-0.05, 0) is 48.5 Å². The zero-order valence-electron chi connectivity index (χ0n) is 16.2. The number of ether oxygens (including phenoxy) is 2. The molecule has 0 aliphatic carbocycles. The average Bonchev–Trinajstić information content (AvgIpc) is 2.72. The lowest BCUT2D eigenvalue weighted by Crippen LogP contribution is -2.24. The molecule has 2 rings (SSSR count). The molecule has 0 aliphatic heterocycles. The zero-order chi connectivity index (χ0) is 22.3. The predicted molar refractivity (Wildman–Crippen MR) is 110 cm³/mol. The Kier molecular flexibility index (Phi) is 7.15. The van der Waals surface area contributed by atoms with Crippen LogP contribution in [0.3, 0.4) is 0 Å². The smallest absolute Gasteiger partial charge is 0.354 e. The molecule has 0 spiro atoms. The van der Waals surface area contributed by atoms with Gasteiger partial charge in [0.2, 0.25) is 5.96 Å². The molecule has 10 nitrogen and oxygen atoms in total. The first kappa shape index (κ1) is 22.4. The summed E-state index contributed by atoms with van der Waals surface area (Å²) in [6, 6.07) is 11.6. The van der Waals surface area contributed by atoms with Gasteiger partial charge in [-0.3, -0.25) is 4.79 Å². The first-order valence-electron chi connectivity index (χ1n) is 8.37. The number of rotatable bonds is 8. The van der Waals surface area contributed by atoms with E-state index in [-0.39, 0.29) is 10.6 Å². The van der Waals surface area contributed by atoms with Gasteiger partial charge in [0.25, 0.3) is 10.0 Å². The lowest BCUT2D eigenvalue weighted by Gasteiger charge is -2.10. The van der Waals surface area contributed by atoms with E-state index in [2.05, 4.69) is 9.71 Å². The van der Waals surface area contributed by atoms with Crippen molar-refractivity contribution < 1.29 is 27.5 Å². The molecule has 5 N–H and O–H groups in total. The fourth-order valence-electron chi connectivity index (χ4n) is 2.28. The van der Waals surface area contributed by atoms with Crippen LogP contribution in [-0.4, -0.2) is 40.3 Å². The molecule has 30 heavy (non-hydrogen) atoms. The summed E-state index contributed by atoms with van der Waals surface area (Å²) >= 11 is 0. The number of methoxy groups -OCH3 is 2. The first-order valence-corrected chi connectivity index (χ1v) is 9.81. The first-order chi connectivity index (χ1) is 14.2. The number of ketones is 1. The SMILES string of the molecule is COC(=O)/C(=C/C(=O)c1ccc(OC)cc1)Nc1ccc(S(=O)(=O)N=C(N)N)cc1. The Morgan fingerprint density at radius 1 is 1.00 bits per heavy atom. The van der Waals surface area contributed by atoms with Crippen molar-refractivity contribution in [2.24, 2.45) is 15.9 Å². The summed E-state index contributed by atoms with van der Waals surface area (Å²) in [4.78, 5) is 24.4. The van der Waals surface area contributed by atoms with Crippen molar-refractivity contribution in [1.29, 1.82) is 0 Å². The van der Waals surface area contributed by atoms with Crippen molar-refractivity contribution in [2.75, 3.05) is 19.5 Å². The molecule has 0 amide bonds. The normalized spacial score (nSPS) is 11.3. The maximum Gasteiger partial charge on any atom is 0.354 e. The van der Waals surface area contributed by atoms with E-state index in [9.17, 15) is 18.0 Å². The minimum atomic E-state index is -4.05. The topological polar surface area (TPSA) is 163 Å². The summed E-state index contributed by atoms with van der Waals surface area (Å²) in [7, 11) is -1.38. The summed E-state index contributed by atoms with van der Waals surface area (Å²) in [6.45, 7) is 0. The number of hydrogen-bond acceptors (Lipinski definition) is 7. The summed E-state index contributed by atoms with van der Waals surface area (Å²) in [5, 5.41) is 2.73. The lowest BCUT2D eigenvalue weighted by atomic mass is 10.1. The van der Waals surface area contributed by atoms with E-state index < -0.39 is 27.7 Å². The number of nitrogens with two attached hydrogens (primary N) is 2. The van der Waals surface area contributed by atoms with E-state index in [1.165, 1.54) is 38.5 Å². The number of carbonyl (C=O) groups excluding carboxylic acids is 2. The molecule has 2 aromatic carbocycles. The van der Waals surface area contributed by atoms with Crippen molar-refractivity contribution in [2.45, 2.75) is 4.90 Å². The largest absolute Gasteiger partial charge is 0.497 e. The lowest BCUT2D eigenvalue weighted by molar-refractivity contribution is -0.135. The van der Waals surface area contributed by atoms with Crippen LogP contribution in [0.2, 0.25) is 0 Å². The van der Waals surface area contributed by atoms with Gasteiger partial charge in [-0.15, -0.1) is 4.40 Å². The molecule has 0 aliphatic rings. The summed E-state index contributed by atoms with van der Waals surface area (Å²) in [5.41, 5.74) is 10.7. The van der Waals surface area contributed by atoms with Gasteiger partial charge in [-0.25, -0.2) is 4.79 Å². The number of nitrogens with one attached hydrogen (secondary N) is 1. The zero-order valence-corrected chi connectivity index (χ0v) is 17.0. The molecule has 0 atom stereocenters. The van der Waals surface area contributed by atoms with Crippen molar-refractivity contribution in [1.82, 2.24) is 0 Å². The number of benzene rings is 2. The van der Waals surface area contributed by atoms with E-state index >= 15 is 0 Å². The molecule has 0 aromatic heterocycles. The third kappa shape index (κ3) is 5.82. The second-order valence-electron chi connectivity index (χ2n) is 5.78. The van der Waals surface area contributed by atoms with E-state index in [0.29, 0.717) is 17.0 Å². The molecule has 158 valence electrons. The molecule has 0 saturated heterocycles. The number of sulfonamides is 1. The number of allylic oxidation sites excluding steroid dienone is 1. The monoisotopic (exact) mass is 432 g/mol. The van der Waals surface area contributed by atoms with Gasteiger partial charge >= 0.3 is 5.97 Å². The Bertz CT molecular complexity index is 1090. The maximum atomic E-state index is 12.5.